The van der Waals surface area contributed by atoms with Gasteiger partial charge in [-0.3, -0.25) is 9.48 Å². The highest BCUT2D eigenvalue weighted by molar-refractivity contribution is 9.10. The van der Waals surface area contributed by atoms with Crippen LogP contribution in [-0.4, -0.2) is 27.4 Å². The number of fused-ring (bicyclic) bond motifs is 1. The van der Waals surface area contributed by atoms with Crippen molar-refractivity contribution in [1.29, 1.82) is 0 Å². The summed E-state index contributed by atoms with van der Waals surface area (Å²) in [6.07, 6.45) is 1.36. The molecule has 0 fully saturated rings. The van der Waals surface area contributed by atoms with E-state index in [2.05, 4.69) is 31.7 Å². The van der Waals surface area contributed by atoms with Crippen LogP contribution in [0.2, 0.25) is 0 Å². The van der Waals surface area contributed by atoms with E-state index in [1.807, 2.05) is 13.8 Å². The first-order valence-electron chi connectivity index (χ1n) is 7.33. The molecule has 1 atom stereocenters. The predicted molar refractivity (Wildman–Crippen MR) is 88.7 cm³/mol. The van der Waals surface area contributed by atoms with Crippen LogP contribution in [0.15, 0.2) is 22.8 Å². The lowest BCUT2D eigenvalue weighted by atomic mass is 10.1. The fourth-order valence-corrected chi connectivity index (χ4v) is 3.01. The minimum absolute atomic E-state index is 0.0455. The molecular formula is C15H17BrN4O3. The number of nitrogens with one attached hydrogen (secondary N) is 2. The van der Waals surface area contributed by atoms with Crippen LogP contribution in [-0.2, 0) is 6.54 Å². The molecule has 8 heteroatoms. The van der Waals surface area contributed by atoms with Crippen LogP contribution < -0.4 is 15.4 Å². The number of nitrogens with zero attached hydrogens (tertiary/aromatic N) is 2. The lowest BCUT2D eigenvalue weighted by Gasteiger charge is -2.26. The van der Waals surface area contributed by atoms with Crippen molar-refractivity contribution < 1.29 is 14.6 Å². The summed E-state index contributed by atoms with van der Waals surface area (Å²) in [6, 6.07) is 3.26. The molecule has 0 bridgehead atoms. The number of aromatic hydroxyl groups is 1. The monoisotopic (exact) mass is 380 g/mol. The number of benzene rings is 1. The first-order valence-corrected chi connectivity index (χ1v) is 8.12. The van der Waals surface area contributed by atoms with Crippen molar-refractivity contribution in [2.24, 2.45) is 0 Å². The molecule has 0 aliphatic carbocycles. The van der Waals surface area contributed by atoms with Gasteiger partial charge in [-0.2, -0.15) is 5.10 Å². The van der Waals surface area contributed by atoms with Gasteiger partial charge in [-0.1, -0.05) is 15.9 Å². The van der Waals surface area contributed by atoms with E-state index in [-0.39, 0.29) is 11.7 Å². The number of phenolic OH excluding ortho intramolecular Hbond substituents is 1. The van der Waals surface area contributed by atoms with Gasteiger partial charge in [0.2, 0.25) is 0 Å². The molecule has 3 rings (SSSR count). The predicted octanol–water partition coefficient (Wildman–Crippen LogP) is 2.62. The summed E-state index contributed by atoms with van der Waals surface area (Å²) in [4.78, 5) is 12.3. The molecule has 1 aromatic heterocycles. The van der Waals surface area contributed by atoms with Gasteiger partial charge in [0.05, 0.1) is 12.3 Å². The highest BCUT2D eigenvalue weighted by Gasteiger charge is 2.29. The van der Waals surface area contributed by atoms with Crippen molar-refractivity contribution in [2.45, 2.75) is 26.6 Å². The first-order chi connectivity index (χ1) is 11.0. The van der Waals surface area contributed by atoms with Crippen molar-refractivity contribution in [3.8, 4) is 11.5 Å². The Balaban J connectivity index is 1.97. The summed E-state index contributed by atoms with van der Waals surface area (Å²) >= 11 is 3.42. The molecule has 1 amide bonds. The quantitative estimate of drug-likeness (QED) is 0.758. The van der Waals surface area contributed by atoms with Crippen molar-refractivity contribution >= 4 is 27.5 Å². The number of anilines is 1. The Morgan fingerprint density at radius 3 is 2.87 bits per heavy atom. The highest BCUT2D eigenvalue weighted by Crippen LogP contribution is 2.37. The second-order valence-corrected chi connectivity index (χ2v) is 5.93. The third kappa shape index (κ3) is 2.86. The van der Waals surface area contributed by atoms with E-state index >= 15 is 0 Å². The number of carbonyl (C=O) groups excluding carboxylic acids is 1. The molecule has 23 heavy (non-hydrogen) atoms. The van der Waals surface area contributed by atoms with Gasteiger partial charge in [-0.05, 0) is 26.0 Å². The van der Waals surface area contributed by atoms with Crippen molar-refractivity contribution in [3.63, 3.8) is 0 Å². The summed E-state index contributed by atoms with van der Waals surface area (Å²) in [5.74, 6) is 0.176. The largest absolute Gasteiger partial charge is 0.504 e. The first kappa shape index (κ1) is 15.7. The number of rotatable bonds is 4. The molecule has 1 aromatic carbocycles. The van der Waals surface area contributed by atoms with E-state index < -0.39 is 6.17 Å². The number of hydrogen-bond acceptors (Lipinski definition) is 5. The smallest absolute Gasteiger partial charge is 0.275 e. The Hall–Kier alpha value is -2.22. The van der Waals surface area contributed by atoms with Gasteiger partial charge in [0.1, 0.15) is 6.17 Å². The lowest BCUT2D eigenvalue weighted by molar-refractivity contribution is 0.0929. The third-order valence-electron chi connectivity index (χ3n) is 3.57. The van der Waals surface area contributed by atoms with Gasteiger partial charge >= 0.3 is 0 Å². The number of phenols is 1. The lowest BCUT2D eigenvalue weighted by Crippen LogP contribution is -2.38. The molecule has 0 saturated heterocycles. The zero-order chi connectivity index (χ0) is 16.6. The number of aromatic nitrogens is 2. The van der Waals surface area contributed by atoms with Gasteiger partial charge in [-0.15, -0.1) is 0 Å². The maximum atomic E-state index is 12.3. The third-order valence-corrected chi connectivity index (χ3v) is 4.25. The van der Waals surface area contributed by atoms with Gasteiger partial charge in [-0.25, -0.2) is 0 Å². The standard InChI is InChI=1S/C15H17BrN4O3/c1-3-20-7-10-13(19-20)15(22)18-14(17-10)8-5-12(23-4-2)11(21)6-9(8)16/h5-7,14,17,21H,3-4H2,1-2H3,(H,18,22)/t14-/m1/s1. The zero-order valence-corrected chi connectivity index (χ0v) is 14.3. The molecule has 1 aliphatic heterocycles. The average Bonchev–Trinajstić information content (AvgIpc) is 2.94. The molecule has 122 valence electrons. The zero-order valence-electron chi connectivity index (χ0n) is 12.8. The van der Waals surface area contributed by atoms with Crippen molar-refractivity contribution in [2.75, 3.05) is 11.9 Å². The van der Waals surface area contributed by atoms with Crippen LogP contribution >= 0.6 is 15.9 Å². The summed E-state index contributed by atoms with van der Waals surface area (Å²) in [5.41, 5.74) is 1.82. The average molecular weight is 381 g/mol. The normalized spacial score (nSPS) is 16.5. The SMILES string of the molecule is CCOc1cc([C@H]2NC(=O)c3nn(CC)cc3N2)c(Br)cc1O. The fraction of sp³-hybridized carbons (Fsp3) is 0.333. The Kier molecular flexibility index (Phi) is 4.16. The Morgan fingerprint density at radius 1 is 1.39 bits per heavy atom. The van der Waals surface area contributed by atoms with Crippen molar-refractivity contribution in [1.82, 2.24) is 15.1 Å². The molecule has 2 heterocycles. The molecule has 3 N–H and O–H groups in total. The summed E-state index contributed by atoms with van der Waals surface area (Å²) in [6.45, 7) is 4.92. The number of aryl methyl sites for hydroxylation is 1. The van der Waals surface area contributed by atoms with E-state index in [1.165, 1.54) is 0 Å². The van der Waals surface area contributed by atoms with Gasteiger partial charge in [0, 0.05) is 22.8 Å². The summed E-state index contributed by atoms with van der Waals surface area (Å²) < 4.78 is 7.79. The molecule has 1 aliphatic rings. The van der Waals surface area contributed by atoms with Crippen LogP contribution in [0.1, 0.15) is 36.1 Å². The molecule has 0 spiro atoms. The number of carbonyl (C=O) groups is 1. The van der Waals surface area contributed by atoms with Gasteiger partial charge in [0.15, 0.2) is 17.2 Å². The molecular weight excluding hydrogens is 364 g/mol. The Bertz CT molecular complexity index is 759. The second-order valence-electron chi connectivity index (χ2n) is 5.07. The number of ether oxygens (including phenoxy) is 1. The number of amides is 1. The summed E-state index contributed by atoms with van der Waals surface area (Å²) in [5, 5.41) is 20.3. The Labute approximate surface area is 141 Å². The molecule has 0 saturated carbocycles. The van der Waals surface area contributed by atoms with E-state index in [0.29, 0.717) is 34.8 Å². The Morgan fingerprint density at radius 2 is 2.17 bits per heavy atom. The minimum Gasteiger partial charge on any atom is -0.504 e. The maximum Gasteiger partial charge on any atom is 0.275 e. The van der Waals surface area contributed by atoms with Gasteiger partial charge < -0.3 is 20.5 Å². The molecule has 0 radical (unpaired) electrons. The second kappa shape index (κ2) is 6.11. The fourth-order valence-electron chi connectivity index (χ4n) is 2.45. The molecule has 7 nitrogen and oxygen atoms in total. The number of halogens is 1. The van der Waals surface area contributed by atoms with E-state index in [0.717, 1.165) is 5.56 Å². The molecule has 2 aromatic rings. The maximum absolute atomic E-state index is 12.3. The van der Waals surface area contributed by atoms with E-state index in [4.69, 9.17) is 4.74 Å². The van der Waals surface area contributed by atoms with Crippen LogP contribution in [0.3, 0.4) is 0 Å². The molecule has 0 unspecified atom stereocenters. The minimum atomic E-state index is -0.446. The van der Waals surface area contributed by atoms with Crippen molar-refractivity contribution in [3.05, 3.63) is 34.1 Å². The van der Waals surface area contributed by atoms with Crippen LogP contribution in [0.4, 0.5) is 5.69 Å². The van der Waals surface area contributed by atoms with Crippen LogP contribution in [0, 0.1) is 0 Å². The van der Waals surface area contributed by atoms with Crippen LogP contribution in [0.25, 0.3) is 0 Å². The highest BCUT2D eigenvalue weighted by atomic mass is 79.9. The summed E-state index contributed by atoms with van der Waals surface area (Å²) in [7, 11) is 0. The number of hydrogen-bond donors (Lipinski definition) is 3. The van der Waals surface area contributed by atoms with Crippen LogP contribution in [0.5, 0.6) is 11.5 Å². The topological polar surface area (TPSA) is 88.4 Å². The van der Waals surface area contributed by atoms with E-state index in [1.54, 1.807) is 23.0 Å². The van der Waals surface area contributed by atoms with E-state index in [9.17, 15) is 9.90 Å². The van der Waals surface area contributed by atoms with Gasteiger partial charge in [0.25, 0.3) is 5.91 Å².